The maximum atomic E-state index is 13.9. The highest BCUT2D eigenvalue weighted by Crippen LogP contribution is 2.39. The molecule has 2 aromatic carbocycles. The summed E-state index contributed by atoms with van der Waals surface area (Å²) >= 11 is 0. The van der Waals surface area contributed by atoms with Crippen molar-refractivity contribution in [3.63, 3.8) is 0 Å². The van der Waals surface area contributed by atoms with Crippen molar-refractivity contribution in [3.05, 3.63) is 70.3 Å². The molecule has 2 aliphatic carbocycles. The molecule has 136 valence electrons. The molecular weight excluding hydrogens is 330 g/mol. The Hall–Kier alpha value is -2.03. The third-order valence-electron chi connectivity index (χ3n) is 6.11. The monoisotopic (exact) mass is 354 g/mol. The Bertz CT molecular complexity index is 747. The number of carbonyl (C=O) groups excluding carboxylic acids is 1. The largest absolute Gasteiger partial charge is 0.289 e. The number of benzene rings is 2. The van der Waals surface area contributed by atoms with E-state index in [2.05, 4.69) is 0 Å². The van der Waals surface area contributed by atoms with Gasteiger partial charge in [0.15, 0.2) is 5.78 Å². The number of halogens is 2. The van der Waals surface area contributed by atoms with Crippen molar-refractivity contribution >= 4 is 5.78 Å². The van der Waals surface area contributed by atoms with Gasteiger partial charge < -0.3 is 0 Å². The average Bonchev–Trinajstić information content (AvgIpc) is 3.35. The van der Waals surface area contributed by atoms with E-state index in [1.165, 1.54) is 24.3 Å². The van der Waals surface area contributed by atoms with Crippen molar-refractivity contribution < 1.29 is 13.6 Å². The zero-order chi connectivity index (χ0) is 18.1. The molecule has 0 N–H and O–H groups in total. The summed E-state index contributed by atoms with van der Waals surface area (Å²) < 4.78 is 27.8. The molecule has 0 aliphatic heterocycles. The number of hydrogen-bond donors (Lipinski definition) is 0. The van der Waals surface area contributed by atoms with E-state index in [0.717, 1.165) is 62.5 Å². The van der Waals surface area contributed by atoms with Crippen molar-refractivity contribution in [1.29, 1.82) is 0 Å². The molecule has 0 saturated heterocycles. The van der Waals surface area contributed by atoms with Crippen LogP contribution in [-0.4, -0.2) is 5.78 Å². The lowest BCUT2D eigenvalue weighted by atomic mass is 9.85. The molecule has 3 heteroatoms. The Balaban J connectivity index is 1.77. The smallest absolute Gasteiger partial charge is 0.193 e. The lowest BCUT2D eigenvalue weighted by molar-refractivity contribution is 0.103. The second kappa shape index (κ2) is 7.30. The fraction of sp³-hybridized carbons (Fsp3) is 0.435. The van der Waals surface area contributed by atoms with E-state index < -0.39 is 0 Å². The van der Waals surface area contributed by atoms with E-state index in [-0.39, 0.29) is 29.3 Å². The number of rotatable bonds is 4. The third-order valence-corrected chi connectivity index (χ3v) is 6.11. The van der Waals surface area contributed by atoms with E-state index in [9.17, 15) is 13.6 Å². The van der Waals surface area contributed by atoms with E-state index in [0.29, 0.717) is 11.1 Å². The first-order valence-electron chi connectivity index (χ1n) is 9.77. The van der Waals surface area contributed by atoms with Crippen LogP contribution in [0.2, 0.25) is 0 Å². The molecule has 0 amide bonds. The Morgan fingerprint density at radius 1 is 0.692 bits per heavy atom. The Morgan fingerprint density at radius 3 is 1.46 bits per heavy atom. The van der Waals surface area contributed by atoms with Gasteiger partial charge in [0.25, 0.3) is 0 Å². The highest BCUT2D eigenvalue weighted by molar-refractivity contribution is 6.11. The molecule has 0 atom stereocenters. The standard InChI is InChI=1S/C23H24F2O/c24-17-9-11-19(21(13-17)15-5-1-2-6-15)23(26)20-12-10-18(25)14-22(20)16-7-3-4-8-16/h9-16H,1-8H2. The zero-order valence-electron chi connectivity index (χ0n) is 14.9. The summed E-state index contributed by atoms with van der Waals surface area (Å²) in [4.78, 5) is 13.4. The van der Waals surface area contributed by atoms with Crippen LogP contribution in [0.3, 0.4) is 0 Å². The van der Waals surface area contributed by atoms with Gasteiger partial charge in [-0.2, -0.15) is 0 Å². The summed E-state index contributed by atoms with van der Waals surface area (Å²) in [6.45, 7) is 0. The molecule has 0 bridgehead atoms. The maximum Gasteiger partial charge on any atom is 0.193 e. The average molecular weight is 354 g/mol. The molecule has 2 aliphatic rings. The van der Waals surface area contributed by atoms with Crippen LogP contribution >= 0.6 is 0 Å². The summed E-state index contributed by atoms with van der Waals surface area (Å²) in [7, 11) is 0. The van der Waals surface area contributed by atoms with Crippen molar-refractivity contribution in [3.8, 4) is 0 Å². The van der Waals surface area contributed by atoms with Crippen molar-refractivity contribution in [2.45, 2.75) is 63.2 Å². The van der Waals surface area contributed by atoms with Crippen LogP contribution in [0.15, 0.2) is 36.4 Å². The normalized spacial score (nSPS) is 18.5. The minimum atomic E-state index is -0.293. The van der Waals surface area contributed by atoms with Crippen molar-refractivity contribution in [2.24, 2.45) is 0 Å². The first-order chi connectivity index (χ1) is 12.6. The van der Waals surface area contributed by atoms with Crippen molar-refractivity contribution in [2.75, 3.05) is 0 Å². The number of ketones is 1. The Morgan fingerprint density at radius 2 is 1.08 bits per heavy atom. The SMILES string of the molecule is O=C(c1ccc(F)cc1C1CCCC1)c1ccc(F)cc1C1CCCC1. The maximum absolute atomic E-state index is 13.9. The molecular formula is C23H24F2O. The molecule has 4 rings (SSSR count). The summed E-state index contributed by atoms with van der Waals surface area (Å²) in [5, 5.41) is 0. The second-order valence-corrected chi connectivity index (χ2v) is 7.76. The summed E-state index contributed by atoms with van der Waals surface area (Å²) in [5.41, 5.74) is 2.83. The Labute approximate surface area is 153 Å². The van der Waals surface area contributed by atoms with Crippen LogP contribution < -0.4 is 0 Å². The molecule has 26 heavy (non-hydrogen) atoms. The van der Waals surface area contributed by atoms with Gasteiger partial charge in [0, 0.05) is 11.1 Å². The van der Waals surface area contributed by atoms with Gasteiger partial charge in [0.05, 0.1) is 0 Å². The highest BCUT2D eigenvalue weighted by atomic mass is 19.1. The van der Waals surface area contributed by atoms with E-state index in [1.807, 2.05) is 0 Å². The zero-order valence-corrected chi connectivity index (χ0v) is 14.9. The summed E-state index contributed by atoms with van der Waals surface area (Å²) in [6.07, 6.45) is 8.51. The van der Waals surface area contributed by atoms with Gasteiger partial charge in [0.2, 0.25) is 0 Å². The fourth-order valence-electron chi connectivity index (χ4n) is 4.77. The van der Waals surface area contributed by atoms with E-state index in [4.69, 9.17) is 0 Å². The fourth-order valence-corrected chi connectivity index (χ4v) is 4.77. The second-order valence-electron chi connectivity index (χ2n) is 7.76. The predicted octanol–water partition coefficient (Wildman–Crippen LogP) is 6.51. The number of carbonyl (C=O) groups is 1. The van der Waals surface area contributed by atoms with Crippen LogP contribution in [0.4, 0.5) is 8.78 Å². The van der Waals surface area contributed by atoms with Gasteiger partial charge in [-0.15, -0.1) is 0 Å². The molecule has 1 nitrogen and oxygen atoms in total. The predicted molar refractivity (Wildman–Crippen MR) is 98.7 cm³/mol. The van der Waals surface area contributed by atoms with Crippen LogP contribution in [0, 0.1) is 11.6 Å². The quantitative estimate of drug-likeness (QED) is 0.572. The molecule has 2 saturated carbocycles. The minimum absolute atomic E-state index is 0.0891. The molecule has 0 spiro atoms. The van der Waals surface area contributed by atoms with Crippen LogP contribution in [0.1, 0.15) is 90.3 Å². The van der Waals surface area contributed by atoms with Crippen LogP contribution in [0.5, 0.6) is 0 Å². The third kappa shape index (κ3) is 3.32. The van der Waals surface area contributed by atoms with Crippen molar-refractivity contribution in [1.82, 2.24) is 0 Å². The summed E-state index contributed by atoms with van der Waals surface area (Å²) in [5.74, 6) is -0.175. The van der Waals surface area contributed by atoms with Gasteiger partial charge in [-0.1, -0.05) is 25.7 Å². The molecule has 0 radical (unpaired) electrons. The molecule has 0 unspecified atom stereocenters. The molecule has 2 fully saturated rings. The van der Waals surface area contributed by atoms with Crippen LogP contribution in [-0.2, 0) is 0 Å². The molecule has 0 heterocycles. The van der Waals surface area contributed by atoms with Gasteiger partial charge in [-0.05, 0) is 85.0 Å². The van der Waals surface area contributed by atoms with E-state index >= 15 is 0 Å². The first-order valence-corrected chi connectivity index (χ1v) is 9.77. The minimum Gasteiger partial charge on any atom is -0.289 e. The van der Waals surface area contributed by atoms with Crippen LogP contribution in [0.25, 0.3) is 0 Å². The van der Waals surface area contributed by atoms with Gasteiger partial charge in [-0.25, -0.2) is 8.78 Å². The van der Waals surface area contributed by atoms with E-state index in [1.54, 1.807) is 12.1 Å². The highest BCUT2D eigenvalue weighted by Gasteiger charge is 2.27. The topological polar surface area (TPSA) is 17.1 Å². The first kappa shape index (κ1) is 17.4. The lowest BCUT2D eigenvalue weighted by Gasteiger charge is -2.18. The van der Waals surface area contributed by atoms with Gasteiger partial charge in [0.1, 0.15) is 11.6 Å². The molecule has 0 aromatic heterocycles. The van der Waals surface area contributed by atoms with Gasteiger partial charge >= 0.3 is 0 Å². The lowest BCUT2D eigenvalue weighted by Crippen LogP contribution is -2.12. The van der Waals surface area contributed by atoms with Gasteiger partial charge in [-0.3, -0.25) is 4.79 Å². The molecule has 2 aromatic rings. The number of hydrogen-bond acceptors (Lipinski definition) is 1. The Kier molecular flexibility index (Phi) is 4.88. The summed E-state index contributed by atoms with van der Waals surface area (Å²) in [6, 6.07) is 9.03.